The van der Waals surface area contributed by atoms with Crippen LogP contribution in [0.2, 0.25) is 5.02 Å². The van der Waals surface area contributed by atoms with Crippen molar-refractivity contribution in [1.82, 2.24) is 19.5 Å². The van der Waals surface area contributed by atoms with Crippen molar-refractivity contribution in [2.24, 2.45) is 0 Å². The maximum absolute atomic E-state index is 14.2. The Labute approximate surface area is 189 Å². The number of hydrogen-bond acceptors (Lipinski definition) is 6. The number of imidazole rings is 1. The normalized spacial score (nSPS) is 10.5. The first-order valence-electron chi connectivity index (χ1n) is 9.27. The monoisotopic (exact) mass is 463 g/mol. The zero-order valence-electron chi connectivity index (χ0n) is 16.6. The summed E-state index contributed by atoms with van der Waals surface area (Å²) in [6.07, 6.45) is 7.64. The van der Waals surface area contributed by atoms with Gasteiger partial charge in [-0.25, -0.2) is 19.3 Å². The number of nitrogens with one attached hydrogen (secondary N) is 1. The summed E-state index contributed by atoms with van der Waals surface area (Å²) >= 11 is 5.82. The van der Waals surface area contributed by atoms with Crippen molar-refractivity contribution < 1.29 is 13.9 Å². The van der Waals surface area contributed by atoms with Crippen LogP contribution < -0.4 is 14.8 Å². The third-order valence-electron chi connectivity index (χ3n) is 4.48. The largest absolute Gasteiger partial charge is 0.493 e. The zero-order chi connectivity index (χ0) is 20.9. The van der Waals surface area contributed by atoms with Crippen molar-refractivity contribution in [3.63, 3.8) is 0 Å². The highest BCUT2D eigenvalue weighted by molar-refractivity contribution is 6.30. The van der Waals surface area contributed by atoms with Crippen molar-refractivity contribution in [3.05, 3.63) is 66.2 Å². The van der Waals surface area contributed by atoms with E-state index >= 15 is 0 Å². The van der Waals surface area contributed by atoms with Gasteiger partial charge in [-0.1, -0.05) is 11.6 Å². The minimum atomic E-state index is -0.473. The van der Waals surface area contributed by atoms with Crippen molar-refractivity contribution in [1.29, 1.82) is 0 Å². The lowest BCUT2D eigenvalue weighted by molar-refractivity contribution is 0.283. The van der Waals surface area contributed by atoms with E-state index in [1.807, 2.05) is 10.8 Å². The number of benzene rings is 2. The van der Waals surface area contributed by atoms with Gasteiger partial charge in [-0.05, 0) is 30.7 Å². The highest BCUT2D eigenvalue weighted by Crippen LogP contribution is 2.35. The minimum Gasteiger partial charge on any atom is -0.493 e. The first-order valence-corrected chi connectivity index (χ1v) is 9.65. The molecule has 0 radical (unpaired) electrons. The lowest BCUT2D eigenvalue weighted by atomic mass is 10.2. The van der Waals surface area contributed by atoms with E-state index in [9.17, 15) is 4.39 Å². The zero-order valence-corrected chi connectivity index (χ0v) is 18.2. The van der Waals surface area contributed by atoms with Gasteiger partial charge in [0.1, 0.15) is 18.0 Å². The fourth-order valence-corrected chi connectivity index (χ4v) is 3.16. The van der Waals surface area contributed by atoms with E-state index in [4.69, 9.17) is 21.1 Å². The topological polar surface area (TPSA) is 74.1 Å². The van der Waals surface area contributed by atoms with Crippen molar-refractivity contribution in [2.45, 2.75) is 13.0 Å². The lowest BCUT2D eigenvalue weighted by Crippen LogP contribution is -2.04. The van der Waals surface area contributed by atoms with E-state index in [-0.39, 0.29) is 18.1 Å². The van der Waals surface area contributed by atoms with Crippen LogP contribution in [-0.2, 0) is 6.54 Å². The van der Waals surface area contributed by atoms with E-state index in [0.717, 1.165) is 13.0 Å². The summed E-state index contributed by atoms with van der Waals surface area (Å²) in [6.45, 7) is 1.31. The minimum absolute atomic E-state index is 0. The highest BCUT2D eigenvalue weighted by Gasteiger charge is 2.13. The molecule has 0 aliphatic rings. The quantitative estimate of drug-likeness (QED) is 0.359. The summed E-state index contributed by atoms with van der Waals surface area (Å²) in [5, 5.41) is 3.99. The standard InChI is InChI=1S/C21H19ClFN5O2.ClH/c1-29-19-10-15-18(11-20(19)30-8-2-6-28-7-5-24-13-28)25-12-26-21(15)27-17-4-3-14(22)9-16(17)23;/h3-5,7,9-13H,2,6,8H2,1H3,(H,25,26,27);1H. The number of halogens is 3. The molecule has 1 N–H and O–H groups in total. The lowest BCUT2D eigenvalue weighted by Gasteiger charge is -2.14. The first kappa shape index (κ1) is 22.6. The second-order valence-corrected chi connectivity index (χ2v) is 6.93. The molecule has 2 aromatic heterocycles. The van der Waals surface area contributed by atoms with Crippen LogP contribution >= 0.6 is 24.0 Å². The van der Waals surface area contributed by atoms with Crippen LogP contribution in [0.25, 0.3) is 10.9 Å². The molecule has 0 unspecified atom stereocenters. The van der Waals surface area contributed by atoms with Crippen LogP contribution in [0.15, 0.2) is 55.4 Å². The Morgan fingerprint density at radius 1 is 1.16 bits per heavy atom. The van der Waals surface area contributed by atoms with E-state index in [2.05, 4.69) is 20.3 Å². The molecular formula is C21H20Cl2FN5O2. The number of methoxy groups -OCH3 is 1. The molecule has 0 atom stereocenters. The number of anilines is 2. The average Bonchev–Trinajstić information content (AvgIpc) is 3.26. The fourth-order valence-electron chi connectivity index (χ4n) is 3.00. The van der Waals surface area contributed by atoms with Gasteiger partial charge in [0.15, 0.2) is 11.5 Å². The molecule has 0 saturated heterocycles. The van der Waals surface area contributed by atoms with Gasteiger partial charge in [0, 0.05) is 35.4 Å². The maximum atomic E-state index is 14.2. The Kier molecular flexibility index (Phi) is 7.49. The van der Waals surface area contributed by atoms with Gasteiger partial charge >= 0.3 is 0 Å². The van der Waals surface area contributed by atoms with Crippen LogP contribution in [0.4, 0.5) is 15.9 Å². The molecule has 0 bridgehead atoms. The van der Waals surface area contributed by atoms with Gasteiger partial charge in [0.05, 0.1) is 31.2 Å². The van der Waals surface area contributed by atoms with Gasteiger partial charge in [-0.2, -0.15) is 0 Å². The summed E-state index contributed by atoms with van der Waals surface area (Å²) < 4.78 is 27.6. The number of fused-ring (bicyclic) bond motifs is 1. The van der Waals surface area contributed by atoms with Crippen molar-refractivity contribution in [3.8, 4) is 11.5 Å². The van der Waals surface area contributed by atoms with Crippen LogP contribution in [0.5, 0.6) is 11.5 Å². The van der Waals surface area contributed by atoms with Crippen molar-refractivity contribution in [2.75, 3.05) is 19.0 Å². The van der Waals surface area contributed by atoms with E-state index < -0.39 is 5.82 Å². The van der Waals surface area contributed by atoms with Gasteiger partial charge < -0.3 is 19.4 Å². The molecule has 0 spiro atoms. The molecule has 2 aromatic carbocycles. The van der Waals surface area contributed by atoms with Gasteiger partial charge in [0.25, 0.3) is 0 Å². The smallest absolute Gasteiger partial charge is 0.163 e. The van der Waals surface area contributed by atoms with E-state index in [0.29, 0.717) is 39.8 Å². The van der Waals surface area contributed by atoms with Gasteiger partial charge in [-0.15, -0.1) is 12.4 Å². The molecule has 31 heavy (non-hydrogen) atoms. The molecule has 0 aliphatic heterocycles. The molecule has 4 aromatic rings. The molecule has 0 saturated carbocycles. The number of aromatic nitrogens is 4. The van der Waals surface area contributed by atoms with Gasteiger partial charge in [0.2, 0.25) is 0 Å². The average molecular weight is 464 g/mol. The summed E-state index contributed by atoms with van der Waals surface area (Å²) in [5.74, 6) is 1.10. The highest BCUT2D eigenvalue weighted by atomic mass is 35.5. The molecule has 7 nitrogen and oxygen atoms in total. The second kappa shape index (κ2) is 10.3. The van der Waals surface area contributed by atoms with Crippen LogP contribution in [0.3, 0.4) is 0 Å². The van der Waals surface area contributed by atoms with Crippen LogP contribution in [0, 0.1) is 5.82 Å². The summed E-state index contributed by atoms with van der Waals surface area (Å²) in [5.41, 5.74) is 0.908. The Morgan fingerprint density at radius 3 is 2.77 bits per heavy atom. The third kappa shape index (κ3) is 5.34. The maximum Gasteiger partial charge on any atom is 0.163 e. The Balaban J connectivity index is 0.00000272. The number of aryl methyl sites for hydroxylation is 1. The summed E-state index contributed by atoms with van der Waals surface area (Å²) in [7, 11) is 1.56. The predicted octanol–water partition coefficient (Wildman–Crippen LogP) is 5.26. The Bertz CT molecular complexity index is 1160. The Hall–Kier alpha value is -3.10. The van der Waals surface area contributed by atoms with Crippen LogP contribution in [-0.4, -0.2) is 33.2 Å². The SMILES string of the molecule is COc1cc2c(Nc3ccc(Cl)cc3F)ncnc2cc1OCCCn1ccnc1.Cl. The van der Waals surface area contributed by atoms with E-state index in [1.54, 1.807) is 43.9 Å². The second-order valence-electron chi connectivity index (χ2n) is 6.49. The number of rotatable bonds is 8. The molecule has 10 heteroatoms. The molecule has 0 aliphatic carbocycles. The molecule has 0 fully saturated rings. The van der Waals surface area contributed by atoms with Crippen molar-refractivity contribution >= 4 is 46.4 Å². The molecular weight excluding hydrogens is 444 g/mol. The number of nitrogens with zero attached hydrogens (tertiary/aromatic N) is 4. The molecule has 162 valence electrons. The molecule has 0 amide bonds. The first-order chi connectivity index (χ1) is 14.6. The molecule has 2 heterocycles. The van der Waals surface area contributed by atoms with Crippen LogP contribution in [0.1, 0.15) is 6.42 Å². The van der Waals surface area contributed by atoms with E-state index in [1.165, 1.54) is 12.4 Å². The number of ether oxygens (including phenoxy) is 2. The summed E-state index contributed by atoms with van der Waals surface area (Å²) in [6, 6.07) is 7.96. The predicted molar refractivity (Wildman–Crippen MR) is 120 cm³/mol. The number of hydrogen-bond donors (Lipinski definition) is 1. The molecule has 4 rings (SSSR count). The van der Waals surface area contributed by atoms with Gasteiger partial charge in [-0.3, -0.25) is 0 Å². The Morgan fingerprint density at radius 2 is 2.03 bits per heavy atom. The fraction of sp³-hybridized carbons (Fsp3) is 0.190. The third-order valence-corrected chi connectivity index (χ3v) is 4.72. The summed E-state index contributed by atoms with van der Waals surface area (Å²) in [4.78, 5) is 12.6.